The Bertz CT molecular complexity index is 499. The van der Waals surface area contributed by atoms with Gasteiger partial charge in [-0.3, -0.25) is 14.5 Å². The largest absolute Gasteiger partial charge is 0.384 e. The summed E-state index contributed by atoms with van der Waals surface area (Å²) in [5.74, 6) is 0.723. The van der Waals surface area contributed by atoms with Gasteiger partial charge in [-0.25, -0.2) is 0 Å². The van der Waals surface area contributed by atoms with Gasteiger partial charge in [-0.05, 0) is 39.3 Å². The van der Waals surface area contributed by atoms with Crippen molar-refractivity contribution in [3.8, 4) is 0 Å². The Balaban J connectivity index is 1.46. The normalized spacial score (nSPS) is 26.4. The molecule has 0 aromatic carbocycles. The van der Waals surface area contributed by atoms with E-state index >= 15 is 0 Å². The van der Waals surface area contributed by atoms with Crippen LogP contribution in [0.4, 0.5) is 0 Å². The molecule has 3 saturated heterocycles. The Morgan fingerprint density at radius 2 is 1.63 bits per heavy atom. The SMILES string of the molecule is COCCC(=O)N1CCC(N2CCC[C@H](C(=O)N3CCN(C)CC3)C2)CC1. The average molecular weight is 381 g/mol. The molecule has 0 aromatic heterocycles. The first-order valence-electron chi connectivity index (χ1n) is 10.6. The zero-order chi connectivity index (χ0) is 19.2. The maximum Gasteiger partial charge on any atom is 0.227 e. The summed E-state index contributed by atoms with van der Waals surface area (Å²) in [6.45, 7) is 7.86. The van der Waals surface area contributed by atoms with Gasteiger partial charge in [0.1, 0.15) is 0 Å². The molecule has 1 atom stereocenters. The number of amides is 2. The molecular weight excluding hydrogens is 344 g/mol. The molecule has 0 spiro atoms. The van der Waals surface area contributed by atoms with Crippen molar-refractivity contribution in [3.05, 3.63) is 0 Å². The minimum atomic E-state index is 0.156. The third kappa shape index (κ3) is 5.42. The highest BCUT2D eigenvalue weighted by molar-refractivity contribution is 5.79. The summed E-state index contributed by atoms with van der Waals surface area (Å²) in [6, 6.07) is 0.513. The number of likely N-dealkylation sites (N-methyl/N-ethyl adjacent to an activating group) is 1. The van der Waals surface area contributed by atoms with Crippen LogP contribution < -0.4 is 0 Å². The van der Waals surface area contributed by atoms with Crippen molar-refractivity contribution in [1.82, 2.24) is 19.6 Å². The number of ether oxygens (including phenoxy) is 1. The molecule has 0 N–H and O–H groups in total. The summed E-state index contributed by atoms with van der Waals surface area (Å²) in [4.78, 5) is 34.0. The summed E-state index contributed by atoms with van der Waals surface area (Å²) in [6.07, 6.45) is 4.65. The summed E-state index contributed by atoms with van der Waals surface area (Å²) in [7, 11) is 3.76. The van der Waals surface area contributed by atoms with Gasteiger partial charge in [0.25, 0.3) is 0 Å². The highest BCUT2D eigenvalue weighted by Crippen LogP contribution is 2.25. The Morgan fingerprint density at radius 3 is 2.30 bits per heavy atom. The molecule has 27 heavy (non-hydrogen) atoms. The van der Waals surface area contributed by atoms with Crippen LogP contribution in [0.2, 0.25) is 0 Å². The monoisotopic (exact) mass is 380 g/mol. The second kappa shape index (κ2) is 9.85. The van der Waals surface area contributed by atoms with Gasteiger partial charge in [0.15, 0.2) is 0 Å². The molecule has 0 radical (unpaired) electrons. The van der Waals surface area contributed by atoms with Gasteiger partial charge in [0.05, 0.1) is 18.9 Å². The minimum absolute atomic E-state index is 0.156. The number of methoxy groups -OCH3 is 1. The first-order chi connectivity index (χ1) is 13.1. The quantitative estimate of drug-likeness (QED) is 0.695. The van der Waals surface area contributed by atoms with Crippen molar-refractivity contribution < 1.29 is 14.3 Å². The van der Waals surface area contributed by atoms with Crippen molar-refractivity contribution in [2.45, 2.75) is 38.1 Å². The van der Waals surface area contributed by atoms with Crippen molar-refractivity contribution in [2.24, 2.45) is 5.92 Å². The van der Waals surface area contributed by atoms with E-state index < -0.39 is 0 Å². The minimum Gasteiger partial charge on any atom is -0.384 e. The lowest BCUT2D eigenvalue weighted by Gasteiger charge is -2.43. The summed E-state index contributed by atoms with van der Waals surface area (Å²) >= 11 is 0. The Hall–Kier alpha value is -1.18. The Labute approximate surface area is 163 Å². The number of hydrogen-bond donors (Lipinski definition) is 0. The maximum absolute atomic E-state index is 12.9. The fourth-order valence-electron chi connectivity index (χ4n) is 4.65. The average Bonchev–Trinajstić information content (AvgIpc) is 2.72. The van der Waals surface area contributed by atoms with Crippen LogP contribution in [-0.2, 0) is 14.3 Å². The van der Waals surface area contributed by atoms with E-state index in [1.165, 1.54) is 0 Å². The summed E-state index contributed by atoms with van der Waals surface area (Å²) < 4.78 is 5.02. The molecule has 7 nitrogen and oxygen atoms in total. The molecule has 2 amide bonds. The van der Waals surface area contributed by atoms with Crippen LogP contribution in [0, 0.1) is 5.92 Å². The molecule has 0 aliphatic carbocycles. The van der Waals surface area contributed by atoms with Crippen LogP contribution in [0.3, 0.4) is 0 Å². The number of carbonyl (C=O) groups is 2. The predicted molar refractivity (Wildman–Crippen MR) is 104 cm³/mol. The van der Waals surface area contributed by atoms with Crippen LogP contribution in [0.15, 0.2) is 0 Å². The molecule has 0 unspecified atom stereocenters. The van der Waals surface area contributed by atoms with Gasteiger partial charge in [-0.1, -0.05) is 0 Å². The molecule has 7 heteroatoms. The number of rotatable bonds is 5. The van der Waals surface area contributed by atoms with E-state index in [0.717, 1.165) is 78.0 Å². The number of carbonyl (C=O) groups excluding carboxylic acids is 2. The van der Waals surface area contributed by atoms with Gasteiger partial charge in [0, 0.05) is 59.0 Å². The van der Waals surface area contributed by atoms with Gasteiger partial charge in [0.2, 0.25) is 11.8 Å². The lowest BCUT2D eigenvalue weighted by atomic mass is 9.92. The van der Waals surface area contributed by atoms with Crippen molar-refractivity contribution in [3.63, 3.8) is 0 Å². The number of hydrogen-bond acceptors (Lipinski definition) is 5. The van der Waals surface area contributed by atoms with E-state index in [0.29, 0.717) is 25.0 Å². The molecule has 3 aliphatic heterocycles. The predicted octanol–water partition coefficient (Wildman–Crippen LogP) is 0.500. The maximum atomic E-state index is 12.9. The van der Waals surface area contributed by atoms with E-state index in [-0.39, 0.29) is 11.8 Å². The van der Waals surface area contributed by atoms with Crippen LogP contribution in [-0.4, -0.2) is 111 Å². The molecule has 3 fully saturated rings. The third-order valence-corrected chi connectivity index (χ3v) is 6.47. The number of piperidine rings is 2. The molecule has 0 bridgehead atoms. The van der Waals surface area contributed by atoms with Gasteiger partial charge < -0.3 is 19.4 Å². The molecule has 3 rings (SSSR count). The first kappa shape index (κ1) is 20.6. The molecular formula is C20H36N4O3. The highest BCUT2D eigenvalue weighted by Gasteiger charge is 2.34. The molecule has 3 aliphatic rings. The van der Waals surface area contributed by atoms with Gasteiger partial charge >= 0.3 is 0 Å². The topological polar surface area (TPSA) is 56.3 Å². The molecule has 154 valence electrons. The van der Waals surface area contributed by atoms with E-state index in [1.54, 1.807) is 7.11 Å². The van der Waals surface area contributed by atoms with E-state index in [1.807, 2.05) is 4.90 Å². The molecule has 0 aromatic rings. The second-order valence-electron chi connectivity index (χ2n) is 8.32. The summed E-state index contributed by atoms with van der Waals surface area (Å²) in [5.41, 5.74) is 0. The van der Waals surface area contributed by atoms with Crippen LogP contribution >= 0.6 is 0 Å². The van der Waals surface area contributed by atoms with E-state index in [2.05, 4.69) is 21.7 Å². The fourth-order valence-corrected chi connectivity index (χ4v) is 4.65. The Morgan fingerprint density at radius 1 is 0.926 bits per heavy atom. The van der Waals surface area contributed by atoms with Crippen molar-refractivity contribution >= 4 is 11.8 Å². The summed E-state index contributed by atoms with van der Waals surface area (Å²) in [5, 5.41) is 0. The number of likely N-dealkylation sites (tertiary alicyclic amines) is 2. The second-order valence-corrected chi connectivity index (χ2v) is 8.32. The van der Waals surface area contributed by atoms with E-state index in [9.17, 15) is 9.59 Å². The Kier molecular flexibility index (Phi) is 7.49. The standard InChI is InChI=1S/C20H36N4O3/c1-21-11-13-23(14-12-21)20(26)17-4-3-8-24(16-17)18-5-9-22(10-6-18)19(25)7-15-27-2/h17-18H,3-16H2,1-2H3/t17-/m0/s1. The fraction of sp³-hybridized carbons (Fsp3) is 0.900. The zero-order valence-corrected chi connectivity index (χ0v) is 17.1. The lowest BCUT2D eigenvalue weighted by Crippen LogP contribution is -2.54. The highest BCUT2D eigenvalue weighted by atomic mass is 16.5. The number of nitrogens with zero attached hydrogens (tertiary/aromatic N) is 4. The van der Waals surface area contributed by atoms with E-state index in [4.69, 9.17) is 4.74 Å². The van der Waals surface area contributed by atoms with Crippen molar-refractivity contribution in [2.75, 3.05) is 73.1 Å². The van der Waals surface area contributed by atoms with Gasteiger partial charge in [-0.15, -0.1) is 0 Å². The smallest absolute Gasteiger partial charge is 0.227 e. The zero-order valence-electron chi connectivity index (χ0n) is 17.1. The van der Waals surface area contributed by atoms with Crippen molar-refractivity contribution in [1.29, 1.82) is 0 Å². The lowest BCUT2D eigenvalue weighted by molar-refractivity contribution is -0.139. The first-order valence-corrected chi connectivity index (χ1v) is 10.6. The van der Waals surface area contributed by atoms with Gasteiger partial charge in [-0.2, -0.15) is 0 Å². The van der Waals surface area contributed by atoms with Crippen LogP contribution in [0.1, 0.15) is 32.1 Å². The number of piperazine rings is 1. The van der Waals surface area contributed by atoms with Crippen LogP contribution in [0.5, 0.6) is 0 Å². The van der Waals surface area contributed by atoms with Crippen LogP contribution in [0.25, 0.3) is 0 Å². The molecule has 0 saturated carbocycles. The molecule has 3 heterocycles. The third-order valence-electron chi connectivity index (χ3n) is 6.47.